The summed E-state index contributed by atoms with van der Waals surface area (Å²) in [4.78, 5) is 37.9. The molecule has 5 rings (SSSR count). The molecule has 0 unspecified atom stereocenters. The standard InChI is InChI=1S/C21H22N2O5/c1-11-17(6-5-14-13-3-2-4-15(13)21(26)28-20(11)14)27-10-19(25)23-8-12-7-18(24)22-16(12)9-23/h5-6,12,16H,2-4,7-10H2,1H3,(H,22,24)/t12-,16+/m0/s1. The fraction of sp³-hybridized carbons (Fsp3) is 0.476. The lowest BCUT2D eigenvalue weighted by molar-refractivity contribution is -0.133. The minimum Gasteiger partial charge on any atom is -0.483 e. The van der Waals surface area contributed by atoms with Crippen LogP contribution in [0.1, 0.15) is 29.5 Å². The average Bonchev–Trinajstić information content (AvgIpc) is 3.36. The number of ether oxygens (including phenoxy) is 1. The molecular weight excluding hydrogens is 360 g/mol. The molecule has 3 aliphatic rings. The second-order valence-corrected chi connectivity index (χ2v) is 7.99. The summed E-state index contributed by atoms with van der Waals surface area (Å²) in [5.74, 6) is 0.724. The maximum absolute atomic E-state index is 12.5. The predicted octanol–water partition coefficient (Wildman–Crippen LogP) is 1.32. The van der Waals surface area contributed by atoms with Gasteiger partial charge in [-0.05, 0) is 43.9 Å². The molecule has 0 radical (unpaired) electrons. The highest BCUT2D eigenvalue weighted by Crippen LogP contribution is 2.33. The molecular formula is C21H22N2O5. The van der Waals surface area contributed by atoms with Crippen LogP contribution in [0.25, 0.3) is 11.0 Å². The zero-order valence-electron chi connectivity index (χ0n) is 15.7. The minimum absolute atomic E-state index is 0.0650. The zero-order chi connectivity index (χ0) is 19.4. The van der Waals surface area contributed by atoms with Crippen molar-refractivity contribution in [2.75, 3.05) is 19.7 Å². The van der Waals surface area contributed by atoms with Gasteiger partial charge < -0.3 is 19.4 Å². The number of likely N-dealkylation sites (tertiary alicyclic amines) is 1. The Labute approximate surface area is 161 Å². The maximum atomic E-state index is 12.5. The van der Waals surface area contributed by atoms with Crippen molar-refractivity contribution in [2.45, 2.75) is 38.6 Å². The highest BCUT2D eigenvalue weighted by atomic mass is 16.5. The number of benzene rings is 1. The second-order valence-electron chi connectivity index (χ2n) is 7.99. The van der Waals surface area contributed by atoms with Gasteiger partial charge in [0.1, 0.15) is 11.3 Å². The summed E-state index contributed by atoms with van der Waals surface area (Å²) in [6, 6.07) is 3.84. The highest BCUT2D eigenvalue weighted by Gasteiger charge is 2.41. The number of fused-ring (bicyclic) bond motifs is 4. The highest BCUT2D eigenvalue weighted by molar-refractivity contribution is 5.86. The molecule has 28 heavy (non-hydrogen) atoms. The van der Waals surface area contributed by atoms with E-state index in [9.17, 15) is 14.4 Å². The van der Waals surface area contributed by atoms with E-state index in [1.807, 2.05) is 19.1 Å². The number of carbonyl (C=O) groups excluding carboxylic acids is 2. The first kappa shape index (κ1) is 17.3. The van der Waals surface area contributed by atoms with Gasteiger partial charge in [0.15, 0.2) is 6.61 Å². The fourth-order valence-corrected chi connectivity index (χ4v) is 4.80. The molecule has 2 aliphatic heterocycles. The predicted molar refractivity (Wildman–Crippen MR) is 101 cm³/mol. The number of hydrogen-bond donors (Lipinski definition) is 1. The van der Waals surface area contributed by atoms with E-state index in [0.717, 1.165) is 41.3 Å². The molecule has 2 fully saturated rings. The van der Waals surface area contributed by atoms with Gasteiger partial charge in [0.2, 0.25) is 5.91 Å². The number of carbonyl (C=O) groups is 2. The van der Waals surface area contributed by atoms with Crippen molar-refractivity contribution in [3.8, 4) is 5.75 Å². The SMILES string of the molecule is Cc1c(OCC(=O)N2C[C@@H]3CC(=O)N[C@@H]3C2)ccc2c3c(c(=O)oc12)CCC3. The van der Waals surface area contributed by atoms with Crippen LogP contribution in [-0.4, -0.2) is 42.5 Å². The van der Waals surface area contributed by atoms with Gasteiger partial charge in [0, 0.05) is 41.9 Å². The van der Waals surface area contributed by atoms with Crippen LogP contribution in [0.4, 0.5) is 0 Å². The van der Waals surface area contributed by atoms with E-state index in [4.69, 9.17) is 9.15 Å². The van der Waals surface area contributed by atoms with Crippen molar-refractivity contribution in [1.82, 2.24) is 10.2 Å². The van der Waals surface area contributed by atoms with Crippen LogP contribution < -0.4 is 15.7 Å². The van der Waals surface area contributed by atoms with Crippen LogP contribution in [0.5, 0.6) is 5.75 Å². The smallest absolute Gasteiger partial charge is 0.339 e. The summed E-state index contributed by atoms with van der Waals surface area (Å²) in [5.41, 5.74) is 2.91. The number of hydrogen-bond acceptors (Lipinski definition) is 5. The van der Waals surface area contributed by atoms with Gasteiger partial charge in [-0.25, -0.2) is 4.79 Å². The van der Waals surface area contributed by atoms with Crippen LogP contribution in [-0.2, 0) is 22.4 Å². The summed E-state index contributed by atoms with van der Waals surface area (Å²) in [7, 11) is 0. The number of aryl methyl sites for hydroxylation is 2. The van der Waals surface area contributed by atoms with Gasteiger partial charge in [-0.15, -0.1) is 0 Å². The van der Waals surface area contributed by atoms with Crippen LogP contribution in [0, 0.1) is 12.8 Å². The molecule has 2 atom stereocenters. The Kier molecular flexibility index (Phi) is 3.92. The lowest BCUT2D eigenvalue weighted by Gasteiger charge is -2.18. The quantitative estimate of drug-likeness (QED) is 0.809. The van der Waals surface area contributed by atoms with E-state index < -0.39 is 0 Å². The molecule has 0 bridgehead atoms. The van der Waals surface area contributed by atoms with E-state index in [1.165, 1.54) is 0 Å². The monoisotopic (exact) mass is 382 g/mol. The minimum atomic E-state index is -0.262. The Morgan fingerprint density at radius 3 is 2.89 bits per heavy atom. The van der Waals surface area contributed by atoms with Crippen molar-refractivity contribution >= 4 is 22.8 Å². The van der Waals surface area contributed by atoms with E-state index in [-0.39, 0.29) is 36.0 Å². The fourth-order valence-electron chi connectivity index (χ4n) is 4.80. The molecule has 0 saturated carbocycles. The Balaban J connectivity index is 1.33. The van der Waals surface area contributed by atoms with Crippen LogP contribution in [0.3, 0.4) is 0 Å². The lowest BCUT2D eigenvalue weighted by Crippen LogP contribution is -2.37. The Morgan fingerprint density at radius 2 is 2.07 bits per heavy atom. The molecule has 2 saturated heterocycles. The summed E-state index contributed by atoms with van der Waals surface area (Å²) < 4.78 is 11.4. The first-order chi connectivity index (χ1) is 13.5. The molecule has 7 nitrogen and oxygen atoms in total. The van der Waals surface area contributed by atoms with E-state index in [0.29, 0.717) is 30.8 Å². The molecule has 0 spiro atoms. The molecule has 1 N–H and O–H groups in total. The molecule has 1 aliphatic carbocycles. The van der Waals surface area contributed by atoms with Gasteiger partial charge in [0.05, 0.1) is 6.04 Å². The van der Waals surface area contributed by atoms with Gasteiger partial charge in [-0.1, -0.05) is 0 Å². The summed E-state index contributed by atoms with van der Waals surface area (Å²) in [6.45, 7) is 2.90. The molecule has 3 heterocycles. The first-order valence-electron chi connectivity index (χ1n) is 9.79. The zero-order valence-corrected chi connectivity index (χ0v) is 15.7. The Morgan fingerprint density at radius 1 is 1.25 bits per heavy atom. The molecule has 1 aromatic carbocycles. The summed E-state index contributed by atoms with van der Waals surface area (Å²) in [5, 5.41) is 3.88. The Hall–Kier alpha value is -2.83. The number of nitrogens with one attached hydrogen (secondary N) is 1. The molecule has 1 aromatic heterocycles. The summed E-state index contributed by atoms with van der Waals surface area (Å²) in [6.07, 6.45) is 3.13. The molecule has 7 heteroatoms. The van der Waals surface area contributed by atoms with Crippen molar-refractivity contribution < 1.29 is 18.7 Å². The second kappa shape index (κ2) is 6.36. The van der Waals surface area contributed by atoms with Crippen molar-refractivity contribution in [1.29, 1.82) is 0 Å². The van der Waals surface area contributed by atoms with Gasteiger partial charge >= 0.3 is 5.63 Å². The van der Waals surface area contributed by atoms with Crippen LogP contribution in [0.15, 0.2) is 21.3 Å². The third-order valence-electron chi connectivity index (χ3n) is 6.28. The third kappa shape index (κ3) is 2.68. The number of nitrogens with zero attached hydrogens (tertiary/aromatic N) is 1. The van der Waals surface area contributed by atoms with E-state index in [1.54, 1.807) is 4.90 Å². The average molecular weight is 382 g/mol. The number of rotatable bonds is 3. The molecule has 2 aromatic rings. The summed E-state index contributed by atoms with van der Waals surface area (Å²) >= 11 is 0. The normalized spacial score (nSPS) is 23.0. The van der Waals surface area contributed by atoms with E-state index in [2.05, 4.69) is 5.32 Å². The maximum Gasteiger partial charge on any atom is 0.339 e. The van der Waals surface area contributed by atoms with Crippen molar-refractivity contribution in [2.24, 2.45) is 5.92 Å². The van der Waals surface area contributed by atoms with Crippen LogP contribution >= 0.6 is 0 Å². The third-order valence-corrected chi connectivity index (χ3v) is 6.28. The van der Waals surface area contributed by atoms with Gasteiger partial charge in [-0.2, -0.15) is 0 Å². The van der Waals surface area contributed by atoms with Crippen molar-refractivity contribution in [3.05, 3.63) is 39.2 Å². The first-order valence-corrected chi connectivity index (χ1v) is 9.79. The van der Waals surface area contributed by atoms with Crippen LogP contribution in [0.2, 0.25) is 0 Å². The van der Waals surface area contributed by atoms with Crippen molar-refractivity contribution in [3.63, 3.8) is 0 Å². The topological polar surface area (TPSA) is 88.9 Å². The largest absolute Gasteiger partial charge is 0.483 e. The lowest BCUT2D eigenvalue weighted by atomic mass is 10.0. The Bertz CT molecular complexity index is 1040. The van der Waals surface area contributed by atoms with Gasteiger partial charge in [0.25, 0.3) is 5.91 Å². The van der Waals surface area contributed by atoms with E-state index >= 15 is 0 Å². The molecule has 146 valence electrons. The number of amides is 2. The molecule has 2 amide bonds. The van der Waals surface area contributed by atoms with Gasteiger partial charge in [-0.3, -0.25) is 9.59 Å².